The number of fused-ring (bicyclic) bond motifs is 2. The number of esters is 1. The van der Waals surface area contributed by atoms with Crippen molar-refractivity contribution in [1.82, 2.24) is 19.7 Å². The first-order chi connectivity index (χ1) is 15.4. The van der Waals surface area contributed by atoms with E-state index in [9.17, 15) is 9.59 Å². The van der Waals surface area contributed by atoms with Gasteiger partial charge in [-0.05, 0) is 61.3 Å². The summed E-state index contributed by atoms with van der Waals surface area (Å²) in [5.74, 6) is -0.599. The molecule has 0 spiro atoms. The highest BCUT2D eigenvalue weighted by Gasteiger charge is 2.23. The number of nitrogens with zero attached hydrogens (tertiary/aromatic N) is 3. The van der Waals surface area contributed by atoms with Crippen molar-refractivity contribution in [2.45, 2.75) is 26.5 Å². The predicted octanol–water partition coefficient (Wildman–Crippen LogP) is 2.84. The van der Waals surface area contributed by atoms with Gasteiger partial charge in [-0.1, -0.05) is 6.07 Å². The van der Waals surface area contributed by atoms with Crippen LogP contribution in [0.3, 0.4) is 0 Å². The fraction of sp³-hybridized carbons (Fsp3) is 0.292. The lowest BCUT2D eigenvalue weighted by molar-refractivity contribution is 0.0535. The Balaban J connectivity index is 1.25. The van der Waals surface area contributed by atoms with Gasteiger partial charge in [0, 0.05) is 31.8 Å². The van der Waals surface area contributed by atoms with Gasteiger partial charge in [-0.25, -0.2) is 9.59 Å². The van der Waals surface area contributed by atoms with E-state index in [1.807, 2.05) is 49.0 Å². The summed E-state index contributed by atoms with van der Waals surface area (Å²) >= 11 is 0. The molecule has 5 rings (SSSR count). The van der Waals surface area contributed by atoms with Crippen molar-refractivity contribution < 1.29 is 13.9 Å². The maximum atomic E-state index is 11.7. The summed E-state index contributed by atoms with van der Waals surface area (Å²) in [5, 5.41) is 8.07. The fourth-order valence-electron chi connectivity index (χ4n) is 4.28. The van der Waals surface area contributed by atoms with Gasteiger partial charge in [0.1, 0.15) is 6.61 Å². The SMILES string of the molecule is Cc1c(CCNCc2cc(-c3ccc4oc(=O)n(C)c4c3)n(C)n2)ccc2c1COC2=O. The maximum Gasteiger partial charge on any atom is 0.419 e. The van der Waals surface area contributed by atoms with Crippen molar-refractivity contribution in [1.29, 1.82) is 0 Å². The number of oxazole rings is 1. The summed E-state index contributed by atoms with van der Waals surface area (Å²) in [7, 11) is 3.61. The predicted molar refractivity (Wildman–Crippen MR) is 119 cm³/mol. The molecule has 164 valence electrons. The van der Waals surface area contributed by atoms with Crippen LogP contribution < -0.4 is 11.1 Å². The second-order valence-electron chi connectivity index (χ2n) is 8.13. The highest BCUT2D eigenvalue weighted by atomic mass is 16.5. The summed E-state index contributed by atoms with van der Waals surface area (Å²) in [6.07, 6.45) is 0.859. The van der Waals surface area contributed by atoms with E-state index in [0.717, 1.165) is 46.6 Å². The molecule has 8 nitrogen and oxygen atoms in total. The zero-order valence-corrected chi connectivity index (χ0v) is 18.3. The Morgan fingerprint density at radius 2 is 1.97 bits per heavy atom. The third kappa shape index (κ3) is 3.42. The molecule has 2 aromatic carbocycles. The summed E-state index contributed by atoms with van der Waals surface area (Å²) in [6.45, 7) is 3.86. The van der Waals surface area contributed by atoms with Crippen molar-refractivity contribution in [2.75, 3.05) is 6.54 Å². The molecule has 0 saturated carbocycles. The Labute approximate surface area is 184 Å². The average molecular weight is 432 g/mol. The van der Waals surface area contributed by atoms with Gasteiger partial charge in [0.05, 0.1) is 22.5 Å². The maximum absolute atomic E-state index is 11.7. The van der Waals surface area contributed by atoms with Crippen molar-refractivity contribution >= 4 is 17.1 Å². The van der Waals surface area contributed by atoms with E-state index in [1.54, 1.807) is 7.05 Å². The van der Waals surface area contributed by atoms with Crippen LogP contribution in [0.25, 0.3) is 22.4 Å². The van der Waals surface area contributed by atoms with Gasteiger partial charge >= 0.3 is 11.7 Å². The number of hydrogen-bond donors (Lipinski definition) is 1. The molecule has 1 N–H and O–H groups in total. The summed E-state index contributed by atoms with van der Waals surface area (Å²) < 4.78 is 13.7. The van der Waals surface area contributed by atoms with E-state index < -0.39 is 0 Å². The van der Waals surface area contributed by atoms with E-state index in [1.165, 1.54) is 10.1 Å². The first-order valence-electron chi connectivity index (χ1n) is 10.5. The third-order valence-corrected chi connectivity index (χ3v) is 6.17. The van der Waals surface area contributed by atoms with Crippen LogP contribution in [0.5, 0.6) is 0 Å². The topological polar surface area (TPSA) is 91.3 Å². The fourth-order valence-corrected chi connectivity index (χ4v) is 4.28. The monoisotopic (exact) mass is 432 g/mol. The molecule has 0 amide bonds. The number of aromatic nitrogens is 3. The highest BCUT2D eigenvalue weighted by Crippen LogP contribution is 2.26. The molecule has 0 radical (unpaired) electrons. The van der Waals surface area contributed by atoms with Gasteiger partial charge in [-0.2, -0.15) is 5.10 Å². The molecule has 4 aromatic rings. The standard InChI is InChI=1S/C24H24N4O4/c1-14-15(4-6-18-19(14)13-31-23(18)29)8-9-25-12-17-11-20(28(3)26-17)16-5-7-22-21(10-16)27(2)24(30)32-22/h4-7,10-11,25H,8-9,12-13H2,1-3H3. The molecule has 0 saturated heterocycles. The molecule has 1 aliphatic heterocycles. The van der Waals surface area contributed by atoms with E-state index in [2.05, 4.69) is 16.5 Å². The van der Waals surface area contributed by atoms with Crippen LogP contribution in [0.1, 0.15) is 32.7 Å². The second-order valence-corrected chi connectivity index (χ2v) is 8.13. The van der Waals surface area contributed by atoms with E-state index >= 15 is 0 Å². The minimum Gasteiger partial charge on any atom is -0.457 e. The Bertz CT molecular complexity index is 1410. The zero-order chi connectivity index (χ0) is 22.4. The molecule has 0 unspecified atom stereocenters. The molecule has 0 atom stereocenters. The van der Waals surface area contributed by atoms with Gasteiger partial charge in [-0.15, -0.1) is 0 Å². The van der Waals surface area contributed by atoms with Crippen LogP contribution in [0.2, 0.25) is 0 Å². The van der Waals surface area contributed by atoms with Crippen LogP contribution in [-0.4, -0.2) is 26.9 Å². The van der Waals surface area contributed by atoms with Gasteiger partial charge in [0.2, 0.25) is 0 Å². The van der Waals surface area contributed by atoms with Crippen molar-refractivity contribution in [3.05, 3.63) is 74.9 Å². The molecular formula is C24H24N4O4. The normalized spacial score (nSPS) is 13.0. The molecule has 8 heteroatoms. The number of benzene rings is 2. The zero-order valence-electron chi connectivity index (χ0n) is 18.3. The quantitative estimate of drug-likeness (QED) is 0.372. The molecule has 0 bridgehead atoms. The number of ether oxygens (including phenoxy) is 1. The number of cyclic esters (lactones) is 1. The summed E-state index contributed by atoms with van der Waals surface area (Å²) in [4.78, 5) is 23.4. The lowest BCUT2D eigenvalue weighted by Crippen LogP contribution is -2.17. The number of rotatable bonds is 6. The number of hydrogen-bond acceptors (Lipinski definition) is 6. The van der Waals surface area contributed by atoms with Crippen molar-refractivity contribution in [3.63, 3.8) is 0 Å². The molecule has 2 aromatic heterocycles. The number of aryl methyl sites for hydroxylation is 2. The van der Waals surface area contributed by atoms with Gasteiger partial charge in [-0.3, -0.25) is 9.25 Å². The molecule has 3 heterocycles. The number of carbonyl (C=O) groups excluding carboxylic acids is 1. The Morgan fingerprint density at radius 1 is 1.12 bits per heavy atom. The highest BCUT2D eigenvalue weighted by molar-refractivity contribution is 5.93. The summed E-state index contributed by atoms with van der Waals surface area (Å²) in [6, 6.07) is 11.6. The molecule has 0 aliphatic carbocycles. The average Bonchev–Trinajstić information content (AvgIpc) is 3.43. The first kappa shape index (κ1) is 20.3. The molecular weight excluding hydrogens is 408 g/mol. The minimum atomic E-state index is -0.371. The van der Waals surface area contributed by atoms with Crippen molar-refractivity contribution in [3.8, 4) is 11.3 Å². The van der Waals surface area contributed by atoms with Crippen molar-refractivity contribution in [2.24, 2.45) is 14.1 Å². The largest absolute Gasteiger partial charge is 0.457 e. The molecule has 1 aliphatic rings. The van der Waals surface area contributed by atoms with E-state index in [-0.39, 0.29) is 11.7 Å². The van der Waals surface area contributed by atoms with Crippen LogP contribution in [0.15, 0.2) is 45.6 Å². The minimum absolute atomic E-state index is 0.229. The van der Waals surface area contributed by atoms with Gasteiger partial charge in [0.15, 0.2) is 5.58 Å². The molecule has 0 fully saturated rings. The van der Waals surface area contributed by atoms with E-state index in [4.69, 9.17) is 9.15 Å². The Morgan fingerprint density at radius 3 is 2.81 bits per heavy atom. The van der Waals surface area contributed by atoms with Crippen LogP contribution in [0, 0.1) is 6.92 Å². The van der Waals surface area contributed by atoms with Gasteiger partial charge < -0.3 is 14.5 Å². The Kier molecular flexibility index (Phi) is 4.94. The lowest BCUT2D eigenvalue weighted by Gasteiger charge is -2.09. The summed E-state index contributed by atoms with van der Waals surface area (Å²) in [5.41, 5.74) is 8.26. The third-order valence-electron chi connectivity index (χ3n) is 6.17. The second kappa shape index (κ2) is 7.80. The first-order valence-corrected chi connectivity index (χ1v) is 10.5. The Hall–Kier alpha value is -3.65. The van der Waals surface area contributed by atoms with Crippen LogP contribution in [-0.2, 0) is 38.4 Å². The van der Waals surface area contributed by atoms with Crippen LogP contribution >= 0.6 is 0 Å². The lowest BCUT2D eigenvalue weighted by atomic mass is 9.97. The van der Waals surface area contributed by atoms with Crippen LogP contribution in [0.4, 0.5) is 0 Å². The van der Waals surface area contributed by atoms with E-state index in [0.29, 0.717) is 24.3 Å². The number of nitrogens with one attached hydrogen (secondary N) is 1. The van der Waals surface area contributed by atoms with Gasteiger partial charge in [0.25, 0.3) is 0 Å². The number of carbonyl (C=O) groups is 1. The molecule has 32 heavy (non-hydrogen) atoms. The smallest absolute Gasteiger partial charge is 0.419 e.